The molecule has 0 radical (unpaired) electrons. The molecule has 4 rings (SSSR count). The van der Waals surface area contributed by atoms with Crippen molar-refractivity contribution in [1.29, 1.82) is 0 Å². The molecule has 0 aliphatic heterocycles. The topological polar surface area (TPSA) is 60.4 Å². The van der Waals surface area contributed by atoms with E-state index in [4.69, 9.17) is 5.84 Å². The van der Waals surface area contributed by atoms with Crippen molar-refractivity contribution >= 4 is 33.3 Å². The highest BCUT2D eigenvalue weighted by Gasteiger charge is 2.16. The number of aromatic nitrogens is 1. The lowest BCUT2D eigenvalue weighted by molar-refractivity contribution is 0.103. The molecule has 140 valence electrons. The molecule has 4 nitrogen and oxygen atoms in total. The summed E-state index contributed by atoms with van der Waals surface area (Å²) >= 11 is 0. The Kier molecular flexibility index (Phi) is 4.47. The highest BCUT2D eigenvalue weighted by Crippen LogP contribution is 2.31. The number of ketones is 1. The number of hydrogen-bond acceptors (Lipinski definition) is 3. The molecule has 1 aromatic heterocycles. The number of benzene rings is 3. The van der Waals surface area contributed by atoms with Gasteiger partial charge in [-0.1, -0.05) is 30.3 Å². The lowest BCUT2D eigenvalue weighted by Gasteiger charge is -2.06. The van der Waals surface area contributed by atoms with E-state index in [9.17, 15) is 4.79 Å². The molecule has 0 bridgehead atoms. The Morgan fingerprint density at radius 3 is 2.18 bits per heavy atom. The zero-order valence-corrected chi connectivity index (χ0v) is 16.4. The van der Waals surface area contributed by atoms with E-state index in [1.807, 2.05) is 62.4 Å². The van der Waals surface area contributed by atoms with E-state index in [-0.39, 0.29) is 5.78 Å². The van der Waals surface area contributed by atoms with Crippen LogP contribution in [0.2, 0.25) is 0 Å². The zero-order valence-electron chi connectivity index (χ0n) is 16.4. The molecule has 0 unspecified atom stereocenters. The minimum Gasteiger partial charge on any atom is -0.341 e. The zero-order chi connectivity index (χ0) is 19.8. The largest absolute Gasteiger partial charge is 0.341 e. The van der Waals surface area contributed by atoms with Crippen molar-refractivity contribution in [3.8, 4) is 0 Å². The molecule has 0 fully saturated rings. The number of rotatable bonds is 4. The number of hydrogen-bond donors (Lipinski definition) is 1. The lowest BCUT2D eigenvalue weighted by atomic mass is 9.97. The van der Waals surface area contributed by atoms with Gasteiger partial charge in [0.1, 0.15) is 0 Å². The summed E-state index contributed by atoms with van der Waals surface area (Å²) in [5.74, 6) is 5.52. The first kappa shape index (κ1) is 18.0. The molecule has 28 heavy (non-hydrogen) atoms. The van der Waals surface area contributed by atoms with Crippen molar-refractivity contribution < 1.29 is 4.79 Å². The van der Waals surface area contributed by atoms with Gasteiger partial charge in [-0.05, 0) is 62.2 Å². The fourth-order valence-electron chi connectivity index (χ4n) is 3.87. The molecule has 0 amide bonds. The van der Waals surface area contributed by atoms with Gasteiger partial charge in [-0.25, -0.2) is 0 Å². The molecule has 4 aromatic rings. The van der Waals surface area contributed by atoms with Crippen LogP contribution in [0.5, 0.6) is 0 Å². The van der Waals surface area contributed by atoms with Gasteiger partial charge in [0.15, 0.2) is 5.78 Å². The van der Waals surface area contributed by atoms with Crippen molar-refractivity contribution in [1.82, 2.24) is 4.57 Å². The van der Waals surface area contributed by atoms with Crippen LogP contribution in [0.25, 0.3) is 21.8 Å². The van der Waals surface area contributed by atoms with E-state index in [0.717, 1.165) is 50.8 Å². The van der Waals surface area contributed by atoms with Gasteiger partial charge >= 0.3 is 0 Å². The number of carbonyl (C=O) groups excluding carboxylic acids is 1. The second kappa shape index (κ2) is 6.97. The second-order valence-corrected chi connectivity index (χ2v) is 7.07. The Hall–Kier alpha value is -3.40. The maximum absolute atomic E-state index is 13.1. The predicted molar refractivity (Wildman–Crippen MR) is 116 cm³/mol. The van der Waals surface area contributed by atoms with Crippen LogP contribution in [-0.2, 0) is 6.54 Å². The van der Waals surface area contributed by atoms with Gasteiger partial charge in [-0.3, -0.25) is 4.79 Å². The molecule has 0 spiro atoms. The second-order valence-electron chi connectivity index (χ2n) is 7.07. The van der Waals surface area contributed by atoms with Gasteiger partial charge in [-0.15, -0.1) is 0 Å². The molecule has 0 aliphatic rings. The first-order chi connectivity index (χ1) is 13.5. The molecule has 0 saturated heterocycles. The van der Waals surface area contributed by atoms with Crippen LogP contribution < -0.4 is 5.84 Å². The molecular weight excluding hydrogens is 346 g/mol. The first-order valence-corrected chi connectivity index (χ1v) is 9.46. The average Bonchev–Trinajstić information content (AvgIpc) is 3.05. The summed E-state index contributed by atoms with van der Waals surface area (Å²) in [6.45, 7) is 6.85. The Morgan fingerprint density at radius 1 is 0.964 bits per heavy atom. The Labute approximate surface area is 164 Å². The maximum Gasteiger partial charge on any atom is 0.193 e. The Balaban J connectivity index is 1.96. The number of nitrogens with zero attached hydrogens (tertiary/aromatic N) is 2. The van der Waals surface area contributed by atoms with E-state index < -0.39 is 0 Å². The highest BCUT2D eigenvalue weighted by atomic mass is 16.1. The summed E-state index contributed by atoms with van der Waals surface area (Å²) in [5.41, 5.74) is 6.47. The van der Waals surface area contributed by atoms with Crippen molar-refractivity contribution in [2.75, 3.05) is 0 Å². The Bertz CT molecular complexity index is 1250. The number of carbonyl (C=O) groups is 1. The highest BCUT2D eigenvalue weighted by molar-refractivity contribution is 6.16. The average molecular weight is 369 g/mol. The van der Waals surface area contributed by atoms with Crippen LogP contribution in [-0.4, -0.2) is 16.1 Å². The minimum atomic E-state index is 0.0493. The molecule has 0 saturated carbocycles. The van der Waals surface area contributed by atoms with Gasteiger partial charge in [0.05, 0.1) is 5.71 Å². The van der Waals surface area contributed by atoms with Crippen LogP contribution in [0, 0.1) is 6.92 Å². The summed E-state index contributed by atoms with van der Waals surface area (Å²) < 4.78 is 2.27. The fourth-order valence-corrected chi connectivity index (χ4v) is 3.87. The van der Waals surface area contributed by atoms with Gasteiger partial charge < -0.3 is 10.4 Å². The van der Waals surface area contributed by atoms with Crippen LogP contribution in [0.15, 0.2) is 65.8 Å². The van der Waals surface area contributed by atoms with E-state index in [0.29, 0.717) is 5.56 Å². The van der Waals surface area contributed by atoms with Crippen molar-refractivity contribution in [3.05, 3.63) is 82.9 Å². The number of hydrazone groups is 1. The molecule has 3 aromatic carbocycles. The predicted octanol–water partition coefficient (Wildman–Crippen LogP) is 5.04. The van der Waals surface area contributed by atoms with Crippen LogP contribution >= 0.6 is 0 Å². The standard InChI is InChI=1S/C24H23N3O/c1-4-27-22-11-9-17(16(3)26-25)13-20(22)21-14-18(10-12-23(21)27)24(28)19-8-6-5-7-15(19)2/h5-14H,4,25H2,1-3H3/b26-16+. The summed E-state index contributed by atoms with van der Waals surface area (Å²) in [4.78, 5) is 13.1. The molecule has 1 heterocycles. The molecule has 4 heteroatoms. The van der Waals surface area contributed by atoms with Crippen LogP contribution in [0.4, 0.5) is 0 Å². The van der Waals surface area contributed by atoms with Gasteiger partial charge in [0, 0.05) is 39.5 Å². The molecule has 2 N–H and O–H groups in total. The summed E-state index contributed by atoms with van der Waals surface area (Å²) in [6.07, 6.45) is 0. The summed E-state index contributed by atoms with van der Waals surface area (Å²) in [7, 11) is 0. The summed E-state index contributed by atoms with van der Waals surface area (Å²) in [6, 6.07) is 19.9. The van der Waals surface area contributed by atoms with Crippen molar-refractivity contribution in [2.24, 2.45) is 10.9 Å². The van der Waals surface area contributed by atoms with Crippen molar-refractivity contribution in [2.45, 2.75) is 27.3 Å². The van der Waals surface area contributed by atoms with Gasteiger partial charge in [0.25, 0.3) is 0 Å². The molecule has 0 atom stereocenters. The molecule has 0 aliphatic carbocycles. The normalized spacial score (nSPS) is 12.0. The number of fused-ring (bicyclic) bond motifs is 3. The van der Waals surface area contributed by atoms with Crippen LogP contribution in [0.1, 0.15) is 40.9 Å². The van der Waals surface area contributed by atoms with Crippen molar-refractivity contribution in [3.63, 3.8) is 0 Å². The van der Waals surface area contributed by atoms with Gasteiger partial charge in [0.2, 0.25) is 0 Å². The summed E-state index contributed by atoms with van der Waals surface area (Å²) in [5, 5.41) is 6.00. The first-order valence-electron chi connectivity index (χ1n) is 9.46. The number of aryl methyl sites for hydroxylation is 2. The Morgan fingerprint density at radius 2 is 1.57 bits per heavy atom. The minimum absolute atomic E-state index is 0.0493. The molecular formula is C24H23N3O. The maximum atomic E-state index is 13.1. The van der Waals surface area contributed by atoms with E-state index >= 15 is 0 Å². The van der Waals surface area contributed by atoms with E-state index in [2.05, 4.69) is 28.7 Å². The SMILES string of the molecule is CCn1c2ccc(C(=O)c3ccccc3C)cc2c2cc(/C(C)=N/N)ccc21. The fraction of sp³-hybridized carbons (Fsp3) is 0.167. The van der Waals surface area contributed by atoms with E-state index in [1.165, 1.54) is 0 Å². The number of nitrogens with two attached hydrogens (primary N) is 1. The van der Waals surface area contributed by atoms with Crippen LogP contribution in [0.3, 0.4) is 0 Å². The lowest BCUT2D eigenvalue weighted by Crippen LogP contribution is -2.03. The quantitative estimate of drug-likeness (QED) is 0.237. The van der Waals surface area contributed by atoms with Gasteiger partial charge in [-0.2, -0.15) is 5.10 Å². The monoisotopic (exact) mass is 369 g/mol. The third kappa shape index (κ3) is 2.78. The third-order valence-corrected chi connectivity index (χ3v) is 5.44. The van der Waals surface area contributed by atoms with E-state index in [1.54, 1.807) is 0 Å². The third-order valence-electron chi connectivity index (χ3n) is 5.44. The smallest absolute Gasteiger partial charge is 0.193 e.